The molecular weight excluding hydrogens is 349 g/mol. The van der Waals surface area contributed by atoms with E-state index in [1.54, 1.807) is 0 Å². The van der Waals surface area contributed by atoms with Crippen LogP contribution in [0.3, 0.4) is 0 Å². The largest absolute Gasteiger partial charge is 0.372 e. The minimum Gasteiger partial charge on any atom is -0.372 e. The zero-order chi connectivity index (χ0) is 13.4. The van der Waals surface area contributed by atoms with Crippen LogP contribution in [-0.4, -0.2) is 17.0 Å². The Hall–Kier alpha value is -1.17. The highest BCUT2D eigenvalue weighted by atomic mass is 127. The van der Waals surface area contributed by atoms with Crippen LogP contribution in [0.5, 0.6) is 0 Å². The van der Waals surface area contributed by atoms with Gasteiger partial charge in [0.25, 0.3) is 0 Å². The summed E-state index contributed by atoms with van der Waals surface area (Å²) < 4.78 is 1.17. The summed E-state index contributed by atoms with van der Waals surface area (Å²) in [5.41, 5.74) is 3.53. The third-order valence-corrected chi connectivity index (χ3v) is 4.42. The van der Waals surface area contributed by atoms with Gasteiger partial charge in [-0.25, -0.2) is 9.97 Å². The fraction of sp³-hybridized carbons (Fsp3) is 0.333. The van der Waals surface area contributed by atoms with Crippen molar-refractivity contribution >= 4 is 28.4 Å². The lowest BCUT2D eigenvalue weighted by Gasteiger charge is -2.11. The summed E-state index contributed by atoms with van der Waals surface area (Å²) in [5.74, 6) is 2.40. The summed E-state index contributed by atoms with van der Waals surface area (Å²) >= 11 is 2.35. The average Bonchev–Trinajstić information content (AvgIpc) is 3.23. The third kappa shape index (κ3) is 2.59. The fourth-order valence-corrected chi connectivity index (χ4v) is 3.12. The molecule has 1 aliphatic rings. The maximum Gasteiger partial charge on any atom is 0.161 e. The van der Waals surface area contributed by atoms with Crippen LogP contribution in [0.1, 0.15) is 30.0 Å². The topological polar surface area (TPSA) is 37.8 Å². The highest BCUT2D eigenvalue weighted by Gasteiger charge is 2.29. The molecule has 1 saturated carbocycles. The Kier molecular flexibility index (Phi) is 3.43. The maximum atomic E-state index is 4.80. The van der Waals surface area contributed by atoms with Gasteiger partial charge in [0.15, 0.2) is 5.82 Å². The molecule has 0 radical (unpaired) electrons. The van der Waals surface area contributed by atoms with Crippen molar-refractivity contribution in [1.29, 1.82) is 0 Å². The molecule has 0 aliphatic heterocycles. The Balaban J connectivity index is 2.13. The summed E-state index contributed by atoms with van der Waals surface area (Å²) in [6.45, 7) is 2.09. The second-order valence-corrected chi connectivity index (χ2v) is 6.07. The first-order valence-electron chi connectivity index (χ1n) is 6.51. The first-order valence-corrected chi connectivity index (χ1v) is 7.59. The van der Waals surface area contributed by atoms with Crippen molar-refractivity contribution in [3.63, 3.8) is 0 Å². The van der Waals surface area contributed by atoms with Crippen LogP contribution in [0.2, 0.25) is 0 Å². The van der Waals surface area contributed by atoms with E-state index in [2.05, 4.69) is 64.1 Å². The normalized spacial score (nSPS) is 14.5. The SMILES string of the molecule is CNc1nc(-c2cccc(C)c2)nc(C2CC2)c1I. The Morgan fingerprint density at radius 1 is 1.26 bits per heavy atom. The molecule has 1 aromatic heterocycles. The van der Waals surface area contributed by atoms with E-state index in [0.29, 0.717) is 5.92 Å². The van der Waals surface area contributed by atoms with Crippen molar-refractivity contribution < 1.29 is 0 Å². The summed E-state index contributed by atoms with van der Waals surface area (Å²) in [5, 5.41) is 3.18. The predicted molar refractivity (Wildman–Crippen MR) is 86.4 cm³/mol. The minimum atomic E-state index is 0.630. The molecule has 1 aromatic carbocycles. The molecule has 2 aromatic rings. The Labute approximate surface area is 127 Å². The molecule has 1 heterocycles. The van der Waals surface area contributed by atoms with Crippen molar-refractivity contribution in [3.05, 3.63) is 39.1 Å². The van der Waals surface area contributed by atoms with E-state index in [1.807, 2.05) is 7.05 Å². The summed E-state index contributed by atoms with van der Waals surface area (Å²) in [6.07, 6.45) is 2.51. The highest BCUT2D eigenvalue weighted by Crippen LogP contribution is 2.42. The third-order valence-electron chi connectivity index (χ3n) is 3.35. The molecule has 1 fully saturated rings. The van der Waals surface area contributed by atoms with Crippen LogP contribution in [0.15, 0.2) is 24.3 Å². The van der Waals surface area contributed by atoms with E-state index in [1.165, 1.54) is 27.7 Å². The average molecular weight is 365 g/mol. The molecule has 0 amide bonds. The van der Waals surface area contributed by atoms with E-state index in [-0.39, 0.29) is 0 Å². The van der Waals surface area contributed by atoms with Crippen LogP contribution < -0.4 is 5.32 Å². The fourth-order valence-electron chi connectivity index (χ4n) is 2.17. The number of nitrogens with zero attached hydrogens (tertiary/aromatic N) is 2. The summed E-state index contributed by atoms with van der Waals surface area (Å²) in [6, 6.07) is 8.36. The zero-order valence-corrected chi connectivity index (χ0v) is 13.2. The molecule has 3 rings (SSSR count). The van der Waals surface area contributed by atoms with E-state index in [4.69, 9.17) is 4.98 Å². The van der Waals surface area contributed by atoms with E-state index >= 15 is 0 Å². The number of aryl methyl sites for hydroxylation is 1. The monoisotopic (exact) mass is 365 g/mol. The van der Waals surface area contributed by atoms with E-state index < -0.39 is 0 Å². The second kappa shape index (κ2) is 5.07. The number of halogens is 1. The molecule has 0 saturated heterocycles. The van der Waals surface area contributed by atoms with Gasteiger partial charge in [0, 0.05) is 18.5 Å². The van der Waals surface area contributed by atoms with Gasteiger partial charge < -0.3 is 5.32 Å². The smallest absolute Gasteiger partial charge is 0.161 e. The standard InChI is InChI=1S/C15H16IN3/c1-9-4-3-5-11(8-9)14-18-13(10-6-7-10)12(16)15(17-2)19-14/h3-5,8,10H,6-7H2,1-2H3,(H,17,18,19). The zero-order valence-electron chi connectivity index (χ0n) is 11.1. The number of rotatable bonds is 3. The first-order chi connectivity index (χ1) is 9.19. The number of nitrogens with one attached hydrogen (secondary N) is 1. The lowest BCUT2D eigenvalue weighted by Crippen LogP contribution is -2.04. The molecule has 0 spiro atoms. The van der Waals surface area contributed by atoms with Gasteiger partial charge >= 0.3 is 0 Å². The van der Waals surface area contributed by atoms with Gasteiger partial charge in [0.05, 0.1) is 9.26 Å². The van der Waals surface area contributed by atoms with Crippen molar-refractivity contribution in [2.24, 2.45) is 0 Å². The lowest BCUT2D eigenvalue weighted by molar-refractivity contribution is 0.978. The van der Waals surface area contributed by atoms with Crippen molar-refractivity contribution in [2.45, 2.75) is 25.7 Å². The summed E-state index contributed by atoms with van der Waals surface area (Å²) in [4.78, 5) is 9.44. The minimum absolute atomic E-state index is 0.630. The number of hydrogen-bond donors (Lipinski definition) is 1. The van der Waals surface area contributed by atoms with Crippen LogP contribution in [0, 0.1) is 10.5 Å². The summed E-state index contributed by atoms with van der Waals surface area (Å²) in [7, 11) is 1.92. The van der Waals surface area contributed by atoms with Crippen LogP contribution in [-0.2, 0) is 0 Å². The number of hydrogen-bond acceptors (Lipinski definition) is 3. The molecule has 1 aliphatic carbocycles. The molecule has 98 valence electrons. The number of anilines is 1. The quantitative estimate of drug-likeness (QED) is 0.837. The molecular formula is C15H16IN3. The molecule has 0 bridgehead atoms. The van der Waals surface area contributed by atoms with Gasteiger partial charge in [-0.2, -0.15) is 0 Å². The molecule has 0 atom stereocenters. The van der Waals surface area contributed by atoms with Gasteiger partial charge in [-0.1, -0.05) is 23.8 Å². The first kappa shape index (κ1) is 12.8. The van der Waals surface area contributed by atoms with Crippen LogP contribution in [0.25, 0.3) is 11.4 Å². The molecule has 4 heteroatoms. The molecule has 1 N–H and O–H groups in total. The van der Waals surface area contributed by atoms with E-state index in [9.17, 15) is 0 Å². The number of aromatic nitrogens is 2. The second-order valence-electron chi connectivity index (χ2n) is 4.99. The van der Waals surface area contributed by atoms with E-state index in [0.717, 1.165) is 17.2 Å². The molecule has 19 heavy (non-hydrogen) atoms. The molecule has 3 nitrogen and oxygen atoms in total. The molecule has 0 unspecified atom stereocenters. The van der Waals surface area contributed by atoms with Gasteiger partial charge in [-0.05, 0) is 48.4 Å². The Morgan fingerprint density at radius 3 is 2.68 bits per heavy atom. The highest BCUT2D eigenvalue weighted by molar-refractivity contribution is 14.1. The van der Waals surface area contributed by atoms with Crippen LogP contribution in [0.4, 0.5) is 5.82 Å². The predicted octanol–water partition coefficient (Wildman–Crippen LogP) is 3.98. The maximum absolute atomic E-state index is 4.80. The number of benzene rings is 1. The van der Waals surface area contributed by atoms with Gasteiger partial charge in [0.1, 0.15) is 5.82 Å². The Bertz CT molecular complexity index is 621. The van der Waals surface area contributed by atoms with Crippen LogP contribution >= 0.6 is 22.6 Å². The van der Waals surface area contributed by atoms with Crippen molar-refractivity contribution in [3.8, 4) is 11.4 Å². The van der Waals surface area contributed by atoms with Gasteiger partial charge in [0.2, 0.25) is 0 Å². The van der Waals surface area contributed by atoms with Crippen molar-refractivity contribution in [1.82, 2.24) is 9.97 Å². The Morgan fingerprint density at radius 2 is 2.05 bits per heavy atom. The van der Waals surface area contributed by atoms with Crippen molar-refractivity contribution in [2.75, 3.05) is 12.4 Å². The lowest BCUT2D eigenvalue weighted by atomic mass is 10.1. The van der Waals surface area contributed by atoms with Gasteiger partial charge in [-0.15, -0.1) is 0 Å². The van der Waals surface area contributed by atoms with Gasteiger partial charge in [-0.3, -0.25) is 0 Å².